The summed E-state index contributed by atoms with van der Waals surface area (Å²) in [6.07, 6.45) is -4.58. The predicted molar refractivity (Wildman–Crippen MR) is 47.0 cm³/mol. The summed E-state index contributed by atoms with van der Waals surface area (Å²) >= 11 is 2.79. The van der Waals surface area contributed by atoms with E-state index in [1.165, 1.54) is 0 Å². The first kappa shape index (κ1) is 11.5. The number of hydrogen-bond donors (Lipinski definition) is 1. The highest BCUT2D eigenvalue weighted by molar-refractivity contribution is 9.10. The second kappa shape index (κ2) is 3.86. The summed E-state index contributed by atoms with van der Waals surface area (Å²) in [5.74, 6) is -0.950. The summed E-state index contributed by atoms with van der Waals surface area (Å²) in [5, 5.41) is 0. The molecule has 14 heavy (non-hydrogen) atoms. The van der Waals surface area contributed by atoms with Gasteiger partial charge in [0.15, 0.2) is 0 Å². The van der Waals surface area contributed by atoms with E-state index in [4.69, 9.17) is 5.73 Å². The van der Waals surface area contributed by atoms with Crippen LogP contribution in [0.15, 0.2) is 16.6 Å². The molecular weight excluding hydrogens is 266 g/mol. The van der Waals surface area contributed by atoms with Crippen molar-refractivity contribution in [2.75, 3.05) is 0 Å². The highest BCUT2D eigenvalue weighted by atomic mass is 79.9. The third-order valence-electron chi connectivity index (χ3n) is 1.67. The van der Waals surface area contributed by atoms with Gasteiger partial charge in [0, 0.05) is 16.6 Å². The van der Waals surface area contributed by atoms with Gasteiger partial charge in [-0.25, -0.2) is 4.39 Å². The summed E-state index contributed by atoms with van der Waals surface area (Å²) in [6, 6.07) is 1.77. The van der Waals surface area contributed by atoms with Crippen molar-refractivity contribution in [1.82, 2.24) is 0 Å². The molecule has 6 heteroatoms. The Bertz CT molecular complexity index is 348. The van der Waals surface area contributed by atoms with Crippen LogP contribution in [0.25, 0.3) is 0 Å². The summed E-state index contributed by atoms with van der Waals surface area (Å²) in [5.41, 5.74) is 3.49. The standard InChI is InChI=1S/C8H6BrF4N/c9-4-1-6(8(11,12)13)5(3-14)7(10)2-4/h1-2H,3,14H2. The van der Waals surface area contributed by atoms with Crippen molar-refractivity contribution in [3.8, 4) is 0 Å². The van der Waals surface area contributed by atoms with Gasteiger partial charge in [-0.1, -0.05) is 15.9 Å². The van der Waals surface area contributed by atoms with Gasteiger partial charge in [0.25, 0.3) is 0 Å². The molecule has 0 spiro atoms. The molecule has 1 nitrogen and oxygen atoms in total. The molecule has 0 amide bonds. The number of alkyl halides is 3. The summed E-state index contributed by atoms with van der Waals surface area (Å²) in [6.45, 7) is -0.478. The molecule has 0 saturated carbocycles. The fourth-order valence-corrected chi connectivity index (χ4v) is 1.49. The van der Waals surface area contributed by atoms with Gasteiger partial charge < -0.3 is 5.73 Å². The molecule has 0 aliphatic heterocycles. The Morgan fingerprint density at radius 1 is 1.29 bits per heavy atom. The predicted octanol–water partition coefficient (Wildman–Crippen LogP) is 3.07. The minimum atomic E-state index is -4.58. The molecule has 1 aromatic carbocycles. The molecule has 2 N–H and O–H groups in total. The van der Waals surface area contributed by atoms with E-state index in [0.29, 0.717) is 0 Å². The quantitative estimate of drug-likeness (QED) is 0.781. The average Bonchev–Trinajstić information content (AvgIpc) is 2.01. The lowest BCUT2D eigenvalue weighted by molar-refractivity contribution is -0.138. The minimum Gasteiger partial charge on any atom is -0.326 e. The van der Waals surface area contributed by atoms with Gasteiger partial charge in [-0.3, -0.25) is 0 Å². The highest BCUT2D eigenvalue weighted by Crippen LogP contribution is 2.34. The lowest BCUT2D eigenvalue weighted by atomic mass is 10.1. The van der Waals surface area contributed by atoms with Gasteiger partial charge >= 0.3 is 6.18 Å². The number of nitrogens with two attached hydrogens (primary N) is 1. The zero-order valence-electron chi connectivity index (χ0n) is 6.83. The third kappa shape index (κ3) is 2.24. The highest BCUT2D eigenvalue weighted by Gasteiger charge is 2.34. The van der Waals surface area contributed by atoms with Crippen molar-refractivity contribution in [2.45, 2.75) is 12.7 Å². The number of halogens is 5. The van der Waals surface area contributed by atoms with Gasteiger partial charge in [-0.15, -0.1) is 0 Å². The Morgan fingerprint density at radius 2 is 1.86 bits per heavy atom. The molecule has 0 heterocycles. The van der Waals surface area contributed by atoms with Gasteiger partial charge in [0.2, 0.25) is 0 Å². The molecule has 0 aliphatic rings. The maximum atomic E-state index is 13.0. The van der Waals surface area contributed by atoms with E-state index in [1.54, 1.807) is 0 Å². The van der Waals surface area contributed by atoms with Crippen LogP contribution in [0.3, 0.4) is 0 Å². The average molecular weight is 272 g/mol. The van der Waals surface area contributed by atoms with E-state index in [1.807, 2.05) is 0 Å². The number of hydrogen-bond acceptors (Lipinski definition) is 1. The van der Waals surface area contributed by atoms with Crippen LogP contribution in [0.1, 0.15) is 11.1 Å². The molecule has 0 radical (unpaired) electrons. The molecule has 0 unspecified atom stereocenters. The van der Waals surface area contributed by atoms with Gasteiger partial charge in [0.05, 0.1) is 5.56 Å². The largest absolute Gasteiger partial charge is 0.416 e. The lowest BCUT2D eigenvalue weighted by Gasteiger charge is -2.12. The molecule has 1 aromatic rings. The fourth-order valence-electron chi connectivity index (χ4n) is 1.06. The second-order valence-electron chi connectivity index (χ2n) is 2.62. The normalized spacial score (nSPS) is 11.9. The summed E-state index contributed by atoms with van der Waals surface area (Å²) in [4.78, 5) is 0. The molecule has 0 fully saturated rings. The van der Waals surface area contributed by atoms with Crippen molar-refractivity contribution in [1.29, 1.82) is 0 Å². The second-order valence-corrected chi connectivity index (χ2v) is 3.53. The van der Waals surface area contributed by atoms with Crippen molar-refractivity contribution in [3.63, 3.8) is 0 Å². The van der Waals surface area contributed by atoms with Crippen LogP contribution in [0.4, 0.5) is 17.6 Å². The Balaban J connectivity index is 3.40. The molecule has 0 aromatic heterocycles. The molecule has 0 saturated heterocycles. The molecule has 0 aliphatic carbocycles. The minimum absolute atomic E-state index is 0.0412. The van der Waals surface area contributed by atoms with Crippen LogP contribution in [-0.2, 0) is 12.7 Å². The first-order valence-electron chi connectivity index (χ1n) is 3.61. The van der Waals surface area contributed by atoms with E-state index in [0.717, 1.165) is 12.1 Å². The first-order chi connectivity index (χ1) is 6.36. The van der Waals surface area contributed by atoms with Crippen LogP contribution < -0.4 is 5.73 Å². The van der Waals surface area contributed by atoms with Gasteiger partial charge in [-0.05, 0) is 12.1 Å². The Morgan fingerprint density at radius 3 is 2.29 bits per heavy atom. The number of benzene rings is 1. The molecule has 78 valence electrons. The first-order valence-corrected chi connectivity index (χ1v) is 4.40. The number of rotatable bonds is 1. The summed E-state index contributed by atoms with van der Waals surface area (Å²) in [7, 11) is 0. The topological polar surface area (TPSA) is 26.0 Å². The molecule has 1 rings (SSSR count). The fraction of sp³-hybridized carbons (Fsp3) is 0.250. The van der Waals surface area contributed by atoms with E-state index < -0.39 is 29.7 Å². The smallest absolute Gasteiger partial charge is 0.326 e. The molecular formula is C8H6BrF4N. The van der Waals surface area contributed by atoms with Crippen LogP contribution in [0.2, 0.25) is 0 Å². The van der Waals surface area contributed by atoms with Crippen LogP contribution in [0, 0.1) is 5.82 Å². The van der Waals surface area contributed by atoms with Crippen molar-refractivity contribution in [3.05, 3.63) is 33.5 Å². The van der Waals surface area contributed by atoms with E-state index in [9.17, 15) is 17.6 Å². The SMILES string of the molecule is NCc1c(F)cc(Br)cc1C(F)(F)F. The summed E-state index contributed by atoms with van der Waals surface area (Å²) < 4.78 is 50.1. The zero-order chi connectivity index (χ0) is 10.9. The van der Waals surface area contributed by atoms with Gasteiger partial charge in [0.1, 0.15) is 5.82 Å². The molecule has 0 bridgehead atoms. The third-order valence-corrected chi connectivity index (χ3v) is 2.13. The molecule has 0 atom stereocenters. The van der Waals surface area contributed by atoms with E-state index in [-0.39, 0.29) is 4.47 Å². The van der Waals surface area contributed by atoms with Crippen molar-refractivity contribution < 1.29 is 17.6 Å². The van der Waals surface area contributed by atoms with E-state index in [2.05, 4.69) is 15.9 Å². The lowest BCUT2D eigenvalue weighted by Crippen LogP contribution is -2.13. The Kier molecular flexibility index (Phi) is 3.16. The van der Waals surface area contributed by atoms with Crippen molar-refractivity contribution in [2.24, 2.45) is 5.73 Å². The maximum absolute atomic E-state index is 13.0. The Labute approximate surface area is 86.0 Å². The maximum Gasteiger partial charge on any atom is 0.416 e. The zero-order valence-corrected chi connectivity index (χ0v) is 8.41. The van der Waals surface area contributed by atoms with E-state index >= 15 is 0 Å². The van der Waals surface area contributed by atoms with Crippen LogP contribution in [0.5, 0.6) is 0 Å². The van der Waals surface area contributed by atoms with Crippen LogP contribution >= 0.6 is 15.9 Å². The van der Waals surface area contributed by atoms with Crippen molar-refractivity contribution >= 4 is 15.9 Å². The monoisotopic (exact) mass is 271 g/mol. The van der Waals surface area contributed by atoms with Crippen LogP contribution in [-0.4, -0.2) is 0 Å². The Hall–Kier alpha value is -0.620. The van der Waals surface area contributed by atoms with Gasteiger partial charge in [-0.2, -0.15) is 13.2 Å².